The highest BCUT2D eigenvalue weighted by Crippen LogP contribution is 2.34. The fourth-order valence-corrected chi connectivity index (χ4v) is 11.0. The molecular formula is C52H46BrN3O2P2. The van der Waals surface area contributed by atoms with Gasteiger partial charge in [-0.2, -0.15) is 5.10 Å². The molecule has 5 nitrogen and oxygen atoms in total. The highest BCUT2D eigenvalue weighted by Gasteiger charge is 2.17. The number of halogens is 1. The predicted molar refractivity (Wildman–Crippen MR) is 259 cm³/mol. The lowest BCUT2D eigenvalue weighted by Crippen LogP contribution is -2.20. The van der Waals surface area contributed by atoms with Gasteiger partial charge in [-0.1, -0.05) is 198 Å². The van der Waals surface area contributed by atoms with Crippen LogP contribution < -0.4 is 31.8 Å². The average Bonchev–Trinajstić information content (AvgIpc) is 3.84. The number of carbonyl (C=O) groups is 2. The van der Waals surface area contributed by atoms with Crippen LogP contribution in [-0.4, -0.2) is 40.8 Å². The second kappa shape index (κ2) is 22.4. The first kappa shape index (κ1) is 43.5. The molecule has 0 spiro atoms. The zero-order chi connectivity index (χ0) is 42.1. The minimum absolute atomic E-state index is 0.0222. The number of aromatic nitrogens is 2. The van der Waals surface area contributed by atoms with E-state index in [0.29, 0.717) is 5.56 Å². The van der Waals surface area contributed by atoms with Crippen LogP contribution in [0.4, 0.5) is 0 Å². The van der Waals surface area contributed by atoms with Crippen molar-refractivity contribution in [2.24, 2.45) is 0 Å². The van der Waals surface area contributed by atoms with Gasteiger partial charge in [-0.15, -0.1) is 0 Å². The number of nitrogens with one attached hydrogen (secondary N) is 1. The summed E-state index contributed by atoms with van der Waals surface area (Å²) in [6.07, 6.45) is 5.16. The summed E-state index contributed by atoms with van der Waals surface area (Å²) in [6.45, 7) is 1.56. The molecule has 0 atom stereocenters. The van der Waals surface area contributed by atoms with E-state index in [9.17, 15) is 9.59 Å². The molecule has 60 heavy (non-hydrogen) atoms. The van der Waals surface area contributed by atoms with Crippen LogP contribution in [0.5, 0.6) is 0 Å². The lowest BCUT2D eigenvalue weighted by Gasteiger charge is -2.19. The fraction of sp³-hybridized carbons (Fsp3) is 0.0577. The third-order valence-corrected chi connectivity index (χ3v) is 14.6. The molecule has 0 amide bonds. The first-order valence-electron chi connectivity index (χ1n) is 19.4. The first-order chi connectivity index (χ1) is 29.3. The van der Waals surface area contributed by atoms with Crippen molar-refractivity contribution >= 4 is 75.2 Å². The highest BCUT2D eigenvalue weighted by molar-refractivity contribution is 9.10. The van der Waals surface area contributed by atoms with Crippen LogP contribution in [0, 0.1) is 0 Å². The molecule has 7 aromatic carbocycles. The van der Waals surface area contributed by atoms with Gasteiger partial charge in [0.05, 0.1) is 5.69 Å². The molecule has 298 valence electrons. The van der Waals surface area contributed by atoms with Crippen molar-refractivity contribution in [3.8, 4) is 11.3 Å². The average molecular weight is 887 g/mol. The maximum atomic E-state index is 12.3. The smallest absolute Gasteiger partial charge is 0.187 e. The summed E-state index contributed by atoms with van der Waals surface area (Å²) in [5.74, 6) is 0.126. The van der Waals surface area contributed by atoms with Gasteiger partial charge in [0.15, 0.2) is 11.6 Å². The van der Waals surface area contributed by atoms with E-state index in [1.165, 1.54) is 31.8 Å². The molecular weight excluding hydrogens is 840 g/mol. The summed E-state index contributed by atoms with van der Waals surface area (Å²) in [4.78, 5) is 24.9. The Labute approximate surface area is 364 Å². The molecule has 8 rings (SSSR count). The van der Waals surface area contributed by atoms with Crippen molar-refractivity contribution < 1.29 is 9.59 Å². The van der Waals surface area contributed by atoms with E-state index in [0.717, 1.165) is 21.3 Å². The van der Waals surface area contributed by atoms with E-state index in [1.54, 1.807) is 37.5 Å². The number of hydrogen-bond acceptors (Lipinski definition) is 4. The molecule has 0 aliphatic heterocycles. The molecule has 8 aromatic rings. The Morgan fingerprint density at radius 3 is 1.27 bits per heavy atom. The second-order valence-corrected chi connectivity index (χ2v) is 19.1. The molecule has 0 unspecified atom stereocenters. The fourth-order valence-electron chi connectivity index (χ4n) is 6.18. The van der Waals surface area contributed by atoms with E-state index < -0.39 is 15.8 Å². The van der Waals surface area contributed by atoms with Crippen molar-refractivity contribution in [1.29, 1.82) is 0 Å². The third kappa shape index (κ3) is 12.5. The van der Waals surface area contributed by atoms with E-state index >= 15 is 0 Å². The van der Waals surface area contributed by atoms with Crippen molar-refractivity contribution in [2.75, 3.05) is 14.1 Å². The number of H-pyrrole nitrogens is 1. The molecule has 8 heteroatoms. The van der Waals surface area contributed by atoms with E-state index in [-0.39, 0.29) is 11.6 Å². The Bertz CT molecular complexity index is 2460. The molecule has 0 aliphatic carbocycles. The summed E-state index contributed by atoms with van der Waals surface area (Å²) < 4.78 is 0.998. The van der Waals surface area contributed by atoms with Crippen molar-refractivity contribution in [2.45, 2.75) is 6.92 Å². The number of hydrogen-bond donors (Lipinski definition) is 1. The maximum Gasteiger partial charge on any atom is 0.187 e. The van der Waals surface area contributed by atoms with Crippen LogP contribution in [0.2, 0.25) is 0 Å². The quantitative estimate of drug-likeness (QED) is 0.0799. The summed E-state index contributed by atoms with van der Waals surface area (Å²) >= 11 is 3.28. The highest BCUT2D eigenvalue weighted by atomic mass is 79.9. The van der Waals surface area contributed by atoms with Crippen molar-refractivity contribution in [3.05, 3.63) is 234 Å². The van der Waals surface area contributed by atoms with E-state index in [4.69, 9.17) is 0 Å². The number of rotatable bonds is 11. The van der Waals surface area contributed by atoms with Gasteiger partial charge >= 0.3 is 0 Å². The van der Waals surface area contributed by atoms with Crippen LogP contribution in [0.25, 0.3) is 11.3 Å². The van der Waals surface area contributed by atoms with Gasteiger partial charge in [0.25, 0.3) is 0 Å². The summed E-state index contributed by atoms with van der Waals surface area (Å²) in [5, 5.41) is 15.0. The minimum atomic E-state index is -0.633. The van der Waals surface area contributed by atoms with Gasteiger partial charge < -0.3 is 4.90 Å². The molecule has 1 aromatic heterocycles. The van der Waals surface area contributed by atoms with E-state index in [1.807, 2.05) is 61.5 Å². The Kier molecular flexibility index (Phi) is 16.2. The largest absolute Gasteiger partial charge is 0.383 e. The Balaban J connectivity index is 0.000000165. The Hall–Kier alpha value is -6.03. The van der Waals surface area contributed by atoms with Crippen LogP contribution in [0.15, 0.2) is 223 Å². The molecule has 1 heterocycles. The predicted octanol–water partition coefficient (Wildman–Crippen LogP) is 10.2. The number of carbonyl (C=O) groups excluding carboxylic acids is 2. The normalized spacial score (nSPS) is 10.7. The van der Waals surface area contributed by atoms with Crippen molar-refractivity contribution in [3.63, 3.8) is 0 Å². The molecule has 1 N–H and O–H groups in total. The van der Waals surface area contributed by atoms with Crippen LogP contribution in [0.3, 0.4) is 0 Å². The minimum Gasteiger partial charge on any atom is -0.383 e. The Morgan fingerprint density at radius 1 is 0.517 bits per heavy atom. The van der Waals surface area contributed by atoms with Crippen LogP contribution in [-0.2, 0) is 0 Å². The SMILES string of the molecule is CC(=O)c1ccc(Br)cc1.CN(C)/C=C/C(=O)c1ccc(P(c2ccccc2)c2ccccc2)cc1.c1ccc(P(c2ccccc2)c2ccc(-c3ccn[nH]3)cc2)cc1. The lowest BCUT2D eigenvalue weighted by molar-refractivity contribution is 0.101. The van der Waals surface area contributed by atoms with Gasteiger partial charge in [0, 0.05) is 48.2 Å². The monoisotopic (exact) mass is 885 g/mol. The summed E-state index contributed by atoms with van der Waals surface area (Å²) in [5.41, 5.74) is 3.67. The van der Waals surface area contributed by atoms with Crippen LogP contribution >= 0.6 is 31.8 Å². The van der Waals surface area contributed by atoms with Crippen molar-refractivity contribution in [1.82, 2.24) is 15.1 Å². The third-order valence-electron chi connectivity index (χ3n) is 9.18. The number of allylic oxidation sites excluding steroid dienone is 1. The Morgan fingerprint density at radius 2 is 0.900 bits per heavy atom. The number of Topliss-reactive ketones (excluding diaryl/α,β-unsaturated/α-hetero) is 1. The van der Waals surface area contributed by atoms with Gasteiger partial charge in [-0.25, -0.2) is 0 Å². The molecule has 0 fully saturated rings. The number of aromatic amines is 1. The topological polar surface area (TPSA) is 66.1 Å². The van der Waals surface area contributed by atoms with Gasteiger partial charge in [0.1, 0.15) is 0 Å². The number of nitrogens with zero attached hydrogens (tertiary/aromatic N) is 2. The van der Waals surface area contributed by atoms with Gasteiger partial charge in [-0.05, 0) is 78.4 Å². The standard InChI is InChI=1S/C23H22NOP.C21H17N2P.C8H7BrO/c1-24(2)18-17-23(25)19-13-15-22(16-14-19)26(20-9-5-3-6-10-20)21-11-7-4-8-12-21;1-3-7-18(8-4-1)24(19-9-5-2-6-10-19)20-13-11-17(12-14-20)21-15-16-22-23-21;1-6(10)7-2-4-8(9)5-3-7/h3-18H,1-2H3;1-16H,(H,22,23);2-5H,1H3/b18-17+;;. The molecule has 0 radical (unpaired) electrons. The second-order valence-electron chi connectivity index (χ2n) is 13.8. The molecule has 0 bridgehead atoms. The number of benzene rings is 7. The lowest BCUT2D eigenvalue weighted by atomic mass is 10.1. The number of ketones is 2. The van der Waals surface area contributed by atoms with Gasteiger partial charge in [0.2, 0.25) is 0 Å². The molecule has 0 aliphatic rings. The summed E-state index contributed by atoms with van der Waals surface area (Å²) in [6, 6.07) is 68.8. The van der Waals surface area contributed by atoms with Crippen LogP contribution in [0.1, 0.15) is 27.6 Å². The zero-order valence-corrected chi connectivity index (χ0v) is 37.1. The maximum absolute atomic E-state index is 12.3. The van der Waals surface area contributed by atoms with E-state index in [2.05, 4.69) is 172 Å². The summed E-state index contributed by atoms with van der Waals surface area (Å²) in [7, 11) is 2.63. The zero-order valence-electron chi connectivity index (χ0n) is 33.8. The molecule has 0 saturated carbocycles. The molecule has 0 saturated heterocycles. The van der Waals surface area contributed by atoms with Gasteiger partial charge in [-0.3, -0.25) is 14.7 Å². The first-order valence-corrected chi connectivity index (χ1v) is 22.9.